The van der Waals surface area contributed by atoms with Crippen molar-refractivity contribution in [2.75, 3.05) is 0 Å². The molecule has 0 saturated carbocycles. The Labute approximate surface area is 117 Å². The number of rotatable bonds is 3. The van der Waals surface area contributed by atoms with Crippen molar-refractivity contribution in [3.05, 3.63) is 70.8 Å². The lowest BCUT2D eigenvalue weighted by molar-refractivity contribution is -0.255. The summed E-state index contributed by atoms with van der Waals surface area (Å²) in [5.41, 5.74) is 3.35. The maximum atomic E-state index is 10.7. The molecule has 0 atom stereocenters. The maximum Gasteiger partial charge on any atom is 0.0998 e. The Morgan fingerprint density at radius 2 is 1.85 bits per heavy atom. The summed E-state index contributed by atoms with van der Waals surface area (Å²) in [6.07, 6.45) is 1.73. The maximum absolute atomic E-state index is 10.7. The molecule has 0 N–H and O–H groups in total. The highest BCUT2D eigenvalue weighted by molar-refractivity contribution is 5.90. The molecule has 2 aromatic carbocycles. The first kappa shape index (κ1) is 13.6. The molecule has 0 aliphatic heterocycles. The van der Waals surface area contributed by atoms with Gasteiger partial charge in [0, 0.05) is 0 Å². The van der Waals surface area contributed by atoms with Crippen molar-refractivity contribution < 1.29 is 9.90 Å². The second-order valence-electron chi connectivity index (χ2n) is 4.45. The molecule has 2 aromatic rings. The summed E-state index contributed by atoms with van der Waals surface area (Å²) < 4.78 is 0. The molecule has 0 saturated heterocycles. The predicted molar refractivity (Wildman–Crippen MR) is 75.4 cm³/mol. The van der Waals surface area contributed by atoms with Crippen LogP contribution in [-0.4, -0.2) is 5.97 Å². The van der Waals surface area contributed by atoms with Crippen molar-refractivity contribution in [1.82, 2.24) is 0 Å². The van der Waals surface area contributed by atoms with Gasteiger partial charge in [0.25, 0.3) is 0 Å². The second kappa shape index (κ2) is 5.85. The lowest BCUT2D eigenvalue weighted by atomic mass is 10.0. The average Bonchev–Trinajstić information content (AvgIpc) is 2.45. The van der Waals surface area contributed by atoms with Crippen molar-refractivity contribution in [3.8, 4) is 6.07 Å². The lowest BCUT2D eigenvalue weighted by Crippen LogP contribution is -2.21. The van der Waals surface area contributed by atoms with Gasteiger partial charge in [0.05, 0.1) is 17.6 Å². The topological polar surface area (TPSA) is 63.9 Å². The third kappa shape index (κ3) is 3.12. The number of carboxylic acids is 1. The standard InChI is InChI=1S/C17H13NO2/c1-12-3-2-4-15(9-12)16(11-18)10-13-5-7-14(8-6-13)17(19)20/h2-10H,1H3,(H,19,20)/p-1/b16-10-. The van der Waals surface area contributed by atoms with Crippen molar-refractivity contribution in [2.45, 2.75) is 6.92 Å². The van der Waals surface area contributed by atoms with Crippen LogP contribution < -0.4 is 5.11 Å². The lowest BCUT2D eigenvalue weighted by Gasteiger charge is -2.03. The summed E-state index contributed by atoms with van der Waals surface area (Å²) in [7, 11) is 0. The van der Waals surface area contributed by atoms with E-state index in [1.165, 1.54) is 12.1 Å². The van der Waals surface area contributed by atoms with Gasteiger partial charge in [-0.2, -0.15) is 5.26 Å². The number of hydrogen-bond donors (Lipinski definition) is 0. The van der Waals surface area contributed by atoms with Gasteiger partial charge in [0.2, 0.25) is 0 Å². The summed E-state index contributed by atoms with van der Waals surface area (Å²) in [4.78, 5) is 10.7. The number of aryl methyl sites for hydroxylation is 1. The molecule has 3 heteroatoms. The number of allylic oxidation sites excluding steroid dienone is 1. The molecule has 0 bridgehead atoms. The zero-order valence-corrected chi connectivity index (χ0v) is 11.0. The summed E-state index contributed by atoms with van der Waals surface area (Å²) >= 11 is 0. The number of nitriles is 1. The Morgan fingerprint density at radius 1 is 1.15 bits per heavy atom. The Balaban J connectivity index is 2.37. The van der Waals surface area contributed by atoms with Gasteiger partial charge >= 0.3 is 0 Å². The van der Waals surface area contributed by atoms with Crippen LogP contribution in [0.4, 0.5) is 0 Å². The van der Waals surface area contributed by atoms with Crippen molar-refractivity contribution in [2.24, 2.45) is 0 Å². The first-order valence-corrected chi connectivity index (χ1v) is 6.10. The molecule has 3 nitrogen and oxygen atoms in total. The van der Waals surface area contributed by atoms with E-state index in [0.29, 0.717) is 5.57 Å². The highest BCUT2D eigenvalue weighted by Gasteiger charge is 2.01. The van der Waals surface area contributed by atoms with Crippen LogP contribution in [0.15, 0.2) is 48.5 Å². The third-order valence-electron chi connectivity index (χ3n) is 2.91. The summed E-state index contributed by atoms with van der Waals surface area (Å²) in [6.45, 7) is 1.97. The molecule has 0 radical (unpaired) electrons. The van der Waals surface area contributed by atoms with Crippen LogP contribution in [0.1, 0.15) is 27.0 Å². The first-order chi connectivity index (χ1) is 9.60. The smallest absolute Gasteiger partial charge is 0.0998 e. The summed E-state index contributed by atoms with van der Waals surface area (Å²) in [5.74, 6) is -1.21. The van der Waals surface area contributed by atoms with E-state index in [1.807, 2.05) is 31.2 Å². The molecule has 0 aliphatic rings. The normalized spacial score (nSPS) is 10.9. The molecule has 98 valence electrons. The highest BCUT2D eigenvalue weighted by Crippen LogP contribution is 2.19. The van der Waals surface area contributed by atoms with Gasteiger partial charge in [-0.1, -0.05) is 54.1 Å². The minimum atomic E-state index is -1.21. The monoisotopic (exact) mass is 262 g/mol. The first-order valence-electron chi connectivity index (χ1n) is 6.10. The van der Waals surface area contributed by atoms with E-state index in [0.717, 1.165) is 16.7 Å². The van der Waals surface area contributed by atoms with Gasteiger partial charge in [-0.15, -0.1) is 0 Å². The third-order valence-corrected chi connectivity index (χ3v) is 2.91. The SMILES string of the molecule is Cc1cccc(/C(C#N)=C\c2ccc(C(=O)[O-])cc2)c1. The van der Waals surface area contributed by atoms with Crippen LogP contribution in [0, 0.1) is 18.3 Å². The second-order valence-corrected chi connectivity index (χ2v) is 4.45. The fourth-order valence-electron chi connectivity index (χ4n) is 1.87. The highest BCUT2D eigenvalue weighted by atomic mass is 16.4. The van der Waals surface area contributed by atoms with Gasteiger partial charge in [-0.05, 0) is 29.7 Å². The fourth-order valence-corrected chi connectivity index (χ4v) is 1.87. The molecular formula is C17H12NO2-. The van der Waals surface area contributed by atoms with Crippen molar-refractivity contribution in [1.29, 1.82) is 5.26 Å². The Hall–Kier alpha value is -2.86. The molecule has 0 fully saturated rings. The Morgan fingerprint density at radius 3 is 2.40 bits per heavy atom. The van der Waals surface area contributed by atoms with Crippen LogP contribution in [0.25, 0.3) is 11.6 Å². The molecule has 0 heterocycles. The van der Waals surface area contributed by atoms with Crippen molar-refractivity contribution in [3.63, 3.8) is 0 Å². The number of benzene rings is 2. The van der Waals surface area contributed by atoms with Gasteiger partial charge in [0.1, 0.15) is 0 Å². The quantitative estimate of drug-likeness (QED) is 0.630. The van der Waals surface area contributed by atoms with Gasteiger partial charge < -0.3 is 9.90 Å². The van der Waals surface area contributed by atoms with E-state index >= 15 is 0 Å². The van der Waals surface area contributed by atoms with Crippen LogP contribution in [0.2, 0.25) is 0 Å². The molecule has 20 heavy (non-hydrogen) atoms. The molecule has 0 spiro atoms. The van der Waals surface area contributed by atoms with E-state index in [4.69, 9.17) is 0 Å². The summed E-state index contributed by atoms with van der Waals surface area (Å²) in [5, 5.41) is 19.9. The number of hydrogen-bond acceptors (Lipinski definition) is 3. The zero-order valence-electron chi connectivity index (χ0n) is 11.0. The zero-order chi connectivity index (χ0) is 14.5. The fraction of sp³-hybridized carbons (Fsp3) is 0.0588. The van der Waals surface area contributed by atoms with Crippen LogP contribution in [0.5, 0.6) is 0 Å². The van der Waals surface area contributed by atoms with Crippen LogP contribution in [0.3, 0.4) is 0 Å². The number of nitrogens with zero attached hydrogens (tertiary/aromatic N) is 1. The Kier molecular flexibility index (Phi) is 3.97. The number of carbonyl (C=O) groups excluding carboxylic acids is 1. The van der Waals surface area contributed by atoms with Crippen molar-refractivity contribution >= 4 is 17.6 Å². The largest absolute Gasteiger partial charge is 0.545 e. The number of carboxylic acid groups (broad SMARTS) is 1. The number of aromatic carboxylic acids is 1. The summed E-state index contributed by atoms with van der Waals surface area (Å²) in [6, 6.07) is 16.1. The van der Waals surface area contributed by atoms with Gasteiger partial charge in [0.15, 0.2) is 0 Å². The minimum Gasteiger partial charge on any atom is -0.545 e. The molecule has 0 unspecified atom stereocenters. The predicted octanol–water partition coefficient (Wildman–Crippen LogP) is 2.42. The van der Waals surface area contributed by atoms with Crippen LogP contribution >= 0.6 is 0 Å². The van der Waals surface area contributed by atoms with E-state index in [-0.39, 0.29) is 5.56 Å². The Bertz CT molecular complexity index is 707. The van der Waals surface area contributed by atoms with Crippen LogP contribution in [-0.2, 0) is 0 Å². The molecule has 0 aliphatic carbocycles. The van der Waals surface area contributed by atoms with E-state index in [9.17, 15) is 15.2 Å². The van der Waals surface area contributed by atoms with Gasteiger partial charge in [-0.3, -0.25) is 0 Å². The van der Waals surface area contributed by atoms with Gasteiger partial charge in [-0.25, -0.2) is 0 Å². The molecule has 0 aromatic heterocycles. The number of carbonyl (C=O) groups is 1. The molecule has 0 amide bonds. The van der Waals surface area contributed by atoms with E-state index in [1.54, 1.807) is 18.2 Å². The van der Waals surface area contributed by atoms with E-state index in [2.05, 4.69) is 6.07 Å². The minimum absolute atomic E-state index is 0.121. The van der Waals surface area contributed by atoms with E-state index < -0.39 is 5.97 Å². The molecular weight excluding hydrogens is 250 g/mol. The molecule has 2 rings (SSSR count). The average molecular weight is 262 g/mol.